The molecule has 9 heteroatoms. The van der Waals surface area contributed by atoms with E-state index in [1.165, 1.54) is 6.07 Å². The molecule has 0 bridgehead atoms. The Morgan fingerprint density at radius 1 is 1.18 bits per heavy atom. The van der Waals surface area contributed by atoms with Crippen LogP contribution >= 0.6 is 11.6 Å². The maximum atomic E-state index is 12.3. The zero-order chi connectivity index (χ0) is 12.6. The second-order valence-electron chi connectivity index (χ2n) is 3.10. The molecule has 0 saturated carbocycles. The lowest BCUT2D eigenvalue weighted by Crippen LogP contribution is -2.04. The summed E-state index contributed by atoms with van der Waals surface area (Å²) in [6, 6.07) is 2.09. The molecule has 0 unspecified atom stereocenters. The van der Waals surface area contributed by atoms with E-state index in [2.05, 4.69) is 15.1 Å². The first-order chi connectivity index (χ1) is 7.86. The molecule has 17 heavy (non-hydrogen) atoms. The molecule has 0 amide bonds. The number of hydrogen-bond donors (Lipinski definition) is 2. The summed E-state index contributed by atoms with van der Waals surface area (Å²) in [5, 5.41) is 5.38. The van der Waals surface area contributed by atoms with Gasteiger partial charge in [0, 0.05) is 6.07 Å². The van der Waals surface area contributed by atoms with E-state index >= 15 is 0 Å². The SMILES string of the molecule is Nc1nc(Cl)cc(-c2cc(C(F)(F)F)[nH]n2)n1. The van der Waals surface area contributed by atoms with Gasteiger partial charge in [0.2, 0.25) is 5.95 Å². The average Bonchev–Trinajstić information content (AvgIpc) is 2.63. The second-order valence-corrected chi connectivity index (χ2v) is 3.49. The molecule has 2 heterocycles. The number of nitrogens with two attached hydrogens (primary N) is 1. The number of H-pyrrole nitrogens is 1. The highest BCUT2D eigenvalue weighted by molar-refractivity contribution is 6.29. The van der Waals surface area contributed by atoms with E-state index in [1.807, 2.05) is 5.10 Å². The molecule has 0 saturated heterocycles. The minimum absolute atomic E-state index is 0.00618. The van der Waals surface area contributed by atoms with Crippen molar-refractivity contribution in [2.75, 3.05) is 5.73 Å². The van der Waals surface area contributed by atoms with Gasteiger partial charge >= 0.3 is 6.18 Å². The van der Waals surface area contributed by atoms with Crippen molar-refractivity contribution in [2.45, 2.75) is 6.18 Å². The molecule has 0 radical (unpaired) electrons. The minimum Gasteiger partial charge on any atom is -0.368 e. The fourth-order valence-electron chi connectivity index (χ4n) is 1.16. The van der Waals surface area contributed by atoms with E-state index in [4.69, 9.17) is 17.3 Å². The van der Waals surface area contributed by atoms with E-state index < -0.39 is 11.9 Å². The lowest BCUT2D eigenvalue weighted by molar-refractivity contribution is -0.141. The summed E-state index contributed by atoms with van der Waals surface area (Å²) in [6.07, 6.45) is -4.49. The number of aromatic nitrogens is 4. The highest BCUT2D eigenvalue weighted by Gasteiger charge is 2.33. The molecule has 5 nitrogen and oxygen atoms in total. The van der Waals surface area contributed by atoms with Gasteiger partial charge in [-0.3, -0.25) is 5.10 Å². The van der Waals surface area contributed by atoms with E-state index in [9.17, 15) is 13.2 Å². The maximum Gasteiger partial charge on any atom is 0.432 e. The predicted molar refractivity (Wildman–Crippen MR) is 54.0 cm³/mol. The number of nitrogens with one attached hydrogen (secondary N) is 1. The monoisotopic (exact) mass is 263 g/mol. The first kappa shape index (κ1) is 11.6. The number of nitrogen functional groups attached to an aromatic ring is 1. The number of nitrogens with zero attached hydrogens (tertiary/aromatic N) is 3. The summed E-state index contributed by atoms with van der Waals surface area (Å²) in [7, 11) is 0. The number of halogens is 4. The third-order valence-corrected chi connectivity index (χ3v) is 2.05. The van der Waals surface area contributed by atoms with Crippen molar-refractivity contribution in [2.24, 2.45) is 0 Å². The van der Waals surface area contributed by atoms with Gasteiger partial charge in [0.05, 0.1) is 5.69 Å². The van der Waals surface area contributed by atoms with Crippen molar-refractivity contribution in [3.63, 3.8) is 0 Å². The number of anilines is 1. The van der Waals surface area contributed by atoms with Crippen LogP contribution in [0.25, 0.3) is 11.4 Å². The molecule has 0 atom stereocenters. The first-order valence-electron chi connectivity index (χ1n) is 4.29. The number of hydrogen-bond acceptors (Lipinski definition) is 4. The normalized spacial score (nSPS) is 11.8. The molecule has 0 fully saturated rings. The minimum atomic E-state index is -4.49. The Hall–Kier alpha value is -1.83. The Bertz CT molecular complexity index is 530. The quantitative estimate of drug-likeness (QED) is 0.772. The molecular weight excluding hydrogens is 259 g/mol. The summed E-state index contributed by atoms with van der Waals surface area (Å²) < 4.78 is 37.0. The molecule has 2 aromatic heterocycles. The molecule has 90 valence electrons. The van der Waals surface area contributed by atoms with Gasteiger partial charge in [0.25, 0.3) is 0 Å². The standard InChI is InChI=1S/C8H5ClF3N5/c9-6-2-3(14-7(13)15-6)4-1-5(17-16-4)8(10,11)12/h1-2H,(H,16,17)(H2,13,14,15). The van der Waals surface area contributed by atoms with Gasteiger partial charge in [-0.1, -0.05) is 11.6 Å². The van der Waals surface area contributed by atoms with Crippen LogP contribution in [0.15, 0.2) is 12.1 Å². The topological polar surface area (TPSA) is 80.5 Å². The zero-order valence-electron chi connectivity index (χ0n) is 8.09. The van der Waals surface area contributed by atoms with Crippen LogP contribution in [0, 0.1) is 0 Å². The lowest BCUT2D eigenvalue weighted by atomic mass is 10.2. The molecule has 0 aliphatic carbocycles. The highest BCUT2D eigenvalue weighted by atomic mass is 35.5. The van der Waals surface area contributed by atoms with Crippen molar-refractivity contribution in [3.05, 3.63) is 23.0 Å². The zero-order valence-corrected chi connectivity index (χ0v) is 8.84. The van der Waals surface area contributed by atoms with Crippen molar-refractivity contribution in [1.29, 1.82) is 0 Å². The van der Waals surface area contributed by atoms with Gasteiger partial charge in [-0.2, -0.15) is 18.3 Å². The fraction of sp³-hybridized carbons (Fsp3) is 0.125. The molecule has 0 spiro atoms. The van der Waals surface area contributed by atoms with Crippen LogP contribution in [0.4, 0.5) is 19.1 Å². The van der Waals surface area contributed by atoms with E-state index in [0.29, 0.717) is 0 Å². The largest absolute Gasteiger partial charge is 0.432 e. The Balaban J connectivity index is 2.44. The van der Waals surface area contributed by atoms with Crippen LogP contribution in [0.5, 0.6) is 0 Å². The van der Waals surface area contributed by atoms with Crippen molar-refractivity contribution in [1.82, 2.24) is 20.2 Å². The molecule has 0 aliphatic heterocycles. The molecule has 2 rings (SSSR count). The van der Waals surface area contributed by atoms with Crippen LogP contribution < -0.4 is 5.73 Å². The van der Waals surface area contributed by atoms with Gasteiger partial charge in [0.1, 0.15) is 16.5 Å². The van der Waals surface area contributed by atoms with Crippen LogP contribution in [0.3, 0.4) is 0 Å². The van der Waals surface area contributed by atoms with Crippen LogP contribution in [0.2, 0.25) is 5.15 Å². The second kappa shape index (κ2) is 3.88. The summed E-state index contributed by atoms with van der Waals surface area (Å²) in [5.41, 5.74) is 4.46. The van der Waals surface area contributed by atoms with Crippen LogP contribution in [-0.4, -0.2) is 20.2 Å². The third kappa shape index (κ3) is 2.47. The van der Waals surface area contributed by atoms with E-state index in [1.54, 1.807) is 0 Å². The first-order valence-corrected chi connectivity index (χ1v) is 4.67. The Kier molecular flexibility index (Phi) is 2.66. The Morgan fingerprint density at radius 2 is 1.88 bits per heavy atom. The Morgan fingerprint density at radius 3 is 2.41 bits per heavy atom. The van der Waals surface area contributed by atoms with Crippen LogP contribution in [0.1, 0.15) is 5.69 Å². The van der Waals surface area contributed by atoms with E-state index in [-0.39, 0.29) is 22.5 Å². The van der Waals surface area contributed by atoms with Gasteiger partial charge in [-0.15, -0.1) is 0 Å². The molecule has 2 aromatic rings. The van der Waals surface area contributed by atoms with Gasteiger partial charge < -0.3 is 5.73 Å². The van der Waals surface area contributed by atoms with Crippen LogP contribution in [-0.2, 0) is 6.18 Å². The number of rotatable bonds is 1. The van der Waals surface area contributed by atoms with E-state index in [0.717, 1.165) is 6.07 Å². The summed E-state index contributed by atoms with van der Waals surface area (Å²) in [6.45, 7) is 0. The third-order valence-electron chi connectivity index (χ3n) is 1.86. The van der Waals surface area contributed by atoms with Crippen molar-refractivity contribution in [3.8, 4) is 11.4 Å². The van der Waals surface area contributed by atoms with Crippen molar-refractivity contribution < 1.29 is 13.2 Å². The van der Waals surface area contributed by atoms with Gasteiger partial charge in [0.15, 0.2) is 0 Å². The van der Waals surface area contributed by atoms with Crippen molar-refractivity contribution >= 4 is 17.5 Å². The average molecular weight is 264 g/mol. The summed E-state index contributed by atoms with van der Waals surface area (Å²) >= 11 is 5.61. The Labute approximate surface area is 97.8 Å². The maximum absolute atomic E-state index is 12.3. The highest BCUT2D eigenvalue weighted by Crippen LogP contribution is 2.30. The smallest absolute Gasteiger partial charge is 0.368 e. The van der Waals surface area contributed by atoms with Gasteiger partial charge in [-0.05, 0) is 6.07 Å². The number of aromatic amines is 1. The predicted octanol–water partition coefficient (Wildman–Crippen LogP) is 2.12. The molecule has 0 aliphatic rings. The summed E-state index contributed by atoms with van der Waals surface area (Å²) in [4.78, 5) is 7.32. The fourth-order valence-corrected chi connectivity index (χ4v) is 1.35. The molecular formula is C8H5ClF3N5. The summed E-state index contributed by atoms with van der Waals surface area (Å²) in [5.74, 6) is -0.135. The molecule has 3 N–H and O–H groups in total. The van der Waals surface area contributed by atoms with Gasteiger partial charge in [-0.25, -0.2) is 9.97 Å². The molecule has 0 aromatic carbocycles. The lowest BCUT2D eigenvalue weighted by Gasteiger charge is -2.00. The number of alkyl halides is 3.